The van der Waals surface area contributed by atoms with Crippen molar-refractivity contribution in [3.63, 3.8) is 0 Å². The van der Waals surface area contributed by atoms with Crippen LogP contribution in [-0.4, -0.2) is 40.2 Å². The van der Waals surface area contributed by atoms with Gasteiger partial charge >= 0.3 is 6.09 Å². The minimum absolute atomic E-state index is 0.182. The van der Waals surface area contributed by atoms with E-state index < -0.39 is 5.60 Å². The Morgan fingerprint density at radius 1 is 1.43 bits per heavy atom. The highest BCUT2D eigenvalue weighted by Crippen LogP contribution is 2.20. The van der Waals surface area contributed by atoms with E-state index in [0.29, 0.717) is 6.04 Å². The Bertz CT molecular complexity index is 522. The lowest BCUT2D eigenvalue weighted by molar-refractivity contribution is 0.00931. The largest absolute Gasteiger partial charge is 0.444 e. The fourth-order valence-electron chi connectivity index (χ4n) is 2.80. The minimum Gasteiger partial charge on any atom is -0.444 e. The van der Waals surface area contributed by atoms with Gasteiger partial charge in [-0.3, -0.25) is 4.98 Å². The summed E-state index contributed by atoms with van der Waals surface area (Å²) < 4.78 is 5.48. The van der Waals surface area contributed by atoms with Gasteiger partial charge in [-0.25, -0.2) is 4.79 Å². The highest BCUT2D eigenvalue weighted by molar-refractivity contribution is 5.68. The lowest BCUT2D eigenvalue weighted by Gasteiger charge is -2.38. The van der Waals surface area contributed by atoms with Crippen molar-refractivity contribution >= 4 is 6.09 Å². The predicted octanol–water partition coefficient (Wildman–Crippen LogP) is 3.27. The standard InChI is InChI=1S/C18H29N3O2/c1-13-6-7-16(19-11-13)12-20-15-8-9-21(14(2)10-15)17(22)23-18(3,4)5/h6-7,11,14-15,20H,8-10,12H2,1-5H3. The van der Waals surface area contributed by atoms with E-state index in [1.807, 2.05) is 38.8 Å². The molecule has 0 bridgehead atoms. The van der Waals surface area contributed by atoms with Crippen molar-refractivity contribution in [2.45, 2.75) is 71.7 Å². The molecule has 5 nitrogen and oxygen atoms in total. The Balaban J connectivity index is 1.81. The van der Waals surface area contributed by atoms with Crippen LogP contribution in [0.3, 0.4) is 0 Å². The summed E-state index contributed by atoms with van der Waals surface area (Å²) in [6.07, 6.45) is 3.56. The number of carbonyl (C=O) groups excluding carboxylic acids is 1. The molecule has 0 radical (unpaired) electrons. The first-order valence-corrected chi connectivity index (χ1v) is 8.39. The first kappa shape index (κ1) is 17.7. The Labute approximate surface area is 139 Å². The molecule has 2 atom stereocenters. The zero-order chi connectivity index (χ0) is 17.0. The van der Waals surface area contributed by atoms with Crippen molar-refractivity contribution in [3.05, 3.63) is 29.6 Å². The maximum atomic E-state index is 12.2. The molecule has 0 aromatic carbocycles. The third-order valence-electron chi connectivity index (χ3n) is 4.05. The van der Waals surface area contributed by atoms with Gasteiger partial charge in [0.25, 0.3) is 0 Å². The van der Waals surface area contributed by atoms with Crippen LogP contribution in [0.5, 0.6) is 0 Å². The van der Waals surface area contributed by atoms with Gasteiger partial charge < -0.3 is 15.0 Å². The van der Waals surface area contributed by atoms with E-state index in [4.69, 9.17) is 4.74 Å². The molecule has 1 amide bonds. The van der Waals surface area contributed by atoms with Crippen LogP contribution in [0.1, 0.15) is 51.8 Å². The van der Waals surface area contributed by atoms with Gasteiger partial charge in [-0.15, -0.1) is 0 Å². The summed E-state index contributed by atoms with van der Waals surface area (Å²) in [6.45, 7) is 11.3. The maximum Gasteiger partial charge on any atom is 0.410 e. The summed E-state index contributed by atoms with van der Waals surface area (Å²) in [7, 11) is 0. The molecule has 1 fully saturated rings. The predicted molar refractivity (Wildman–Crippen MR) is 91.2 cm³/mol. The first-order chi connectivity index (χ1) is 10.7. The number of piperidine rings is 1. The van der Waals surface area contributed by atoms with E-state index in [1.165, 1.54) is 5.56 Å². The van der Waals surface area contributed by atoms with Crippen molar-refractivity contribution in [1.82, 2.24) is 15.2 Å². The molecule has 2 heterocycles. The second-order valence-electron chi connectivity index (χ2n) is 7.45. The summed E-state index contributed by atoms with van der Waals surface area (Å²) in [5.74, 6) is 0. The van der Waals surface area contributed by atoms with Crippen LogP contribution in [0.2, 0.25) is 0 Å². The van der Waals surface area contributed by atoms with Gasteiger partial charge in [-0.05, 0) is 59.1 Å². The van der Waals surface area contributed by atoms with Gasteiger partial charge in [0, 0.05) is 31.4 Å². The van der Waals surface area contributed by atoms with Crippen molar-refractivity contribution in [1.29, 1.82) is 0 Å². The van der Waals surface area contributed by atoms with Crippen LogP contribution in [0.15, 0.2) is 18.3 Å². The molecular formula is C18H29N3O2. The smallest absolute Gasteiger partial charge is 0.410 e. The van der Waals surface area contributed by atoms with Crippen LogP contribution in [0, 0.1) is 6.92 Å². The lowest BCUT2D eigenvalue weighted by atomic mass is 9.98. The van der Waals surface area contributed by atoms with E-state index in [2.05, 4.69) is 29.4 Å². The molecule has 1 saturated heterocycles. The second kappa shape index (κ2) is 7.30. The topological polar surface area (TPSA) is 54.5 Å². The number of hydrogen-bond acceptors (Lipinski definition) is 4. The van der Waals surface area contributed by atoms with Crippen LogP contribution < -0.4 is 5.32 Å². The molecule has 5 heteroatoms. The van der Waals surface area contributed by atoms with E-state index in [-0.39, 0.29) is 12.1 Å². The molecular weight excluding hydrogens is 290 g/mol. The van der Waals surface area contributed by atoms with Gasteiger partial charge in [-0.2, -0.15) is 0 Å². The molecule has 1 aliphatic heterocycles. The fourth-order valence-corrected chi connectivity index (χ4v) is 2.80. The molecule has 0 saturated carbocycles. The molecule has 2 rings (SSSR count). The summed E-state index contributed by atoms with van der Waals surface area (Å²) in [4.78, 5) is 18.5. The minimum atomic E-state index is -0.441. The average molecular weight is 319 g/mol. The molecule has 2 unspecified atom stereocenters. The summed E-state index contributed by atoms with van der Waals surface area (Å²) in [5, 5.41) is 3.55. The van der Waals surface area contributed by atoms with E-state index in [1.54, 1.807) is 0 Å². The molecule has 23 heavy (non-hydrogen) atoms. The van der Waals surface area contributed by atoms with E-state index >= 15 is 0 Å². The summed E-state index contributed by atoms with van der Waals surface area (Å²) >= 11 is 0. The summed E-state index contributed by atoms with van der Waals surface area (Å²) in [5.41, 5.74) is 1.79. The van der Waals surface area contributed by atoms with Gasteiger partial charge in [0.15, 0.2) is 0 Å². The third kappa shape index (κ3) is 5.50. The maximum absolute atomic E-state index is 12.2. The SMILES string of the molecule is Cc1ccc(CNC2CCN(C(=O)OC(C)(C)C)C(C)C2)nc1. The van der Waals surface area contributed by atoms with Crippen LogP contribution in [0.4, 0.5) is 4.79 Å². The highest BCUT2D eigenvalue weighted by Gasteiger charge is 2.31. The first-order valence-electron chi connectivity index (χ1n) is 8.39. The van der Waals surface area contributed by atoms with Crippen molar-refractivity contribution in [2.75, 3.05) is 6.54 Å². The monoisotopic (exact) mass is 319 g/mol. The molecule has 1 aliphatic rings. The Morgan fingerprint density at radius 3 is 2.74 bits per heavy atom. The molecule has 0 spiro atoms. The van der Waals surface area contributed by atoms with Crippen LogP contribution in [0.25, 0.3) is 0 Å². The molecule has 1 aromatic rings. The number of amides is 1. The lowest BCUT2D eigenvalue weighted by Crippen LogP contribution is -2.50. The van der Waals surface area contributed by atoms with Gasteiger partial charge in [-0.1, -0.05) is 6.07 Å². The number of ether oxygens (including phenoxy) is 1. The van der Waals surface area contributed by atoms with E-state index in [9.17, 15) is 4.79 Å². The Morgan fingerprint density at radius 2 is 2.17 bits per heavy atom. The number of aryl methyl sites for hydroxylation is 1. The number of pyridine rings is 1. The quantitative estimate of drug-likeness (QED) is 0.929. The third-order valence-corrected chi connectivity index (χ3v) is 4.05. The molecule has 1 N–H and O–H groups in total. The van der Waals surface area contributed by atoms with Gasteiger partial charge in [0.2, 0.25) is 0 Å². The number of likely N-dealkylation sites (tertiary alicyclic amines) is 1. The zero-order valence-corrected chi connectivity index (χ0v) is 14.9. The van der Waals surface area contributed by atoms with Crippen molar-refractivity contribution < 1.29 is 9.53 Å². The number of carbonyl (C=O) groups is 1. The van der Waals surface area contributed by atoms with Crippen molar-refractivity contribution in [3.8, 4) is 0 Å². The zero-order valence-electron chi connectivity index (χ0n) is 14.9. The van der Waals surface area contributed by atoms with Gasteiger partial charge in [0.1, 0.15) is 5.60 Å². The second-order valence-corrected chi connectivity index (χ2v) is 7.45. The number of rotatable bonds is 3. The van der Waals surface area contributed by atoms with Crippen LogP contribution in [-0.2, 0) is 11.3 Å². The van der Waals surface area contributed by atoms with Gasteiger partial charge in [0.05, 0.1) is 5.69 Å². The number of aromatic nitrogens is 1. The summed E-state index contributed by atoms with van der Waals surface area (Å²) in [6, 6.07) is 4.73. The Kier molecular flexibility index (Phi) is 5.63. The highest BCUT2D eigenvalue weighted by atomic mass is 16.6. The number of nitrogens with zero attached hydrogens (tertiary/aromatic N) is 2. The van der Waals surface area contributed by atoms with Crippen LogP contribution >= 0.6 is 0 Å². The van der Waals surface area contributed by atoms with E-state index in [0.717, 1.165) is 31.6 Å². The molecule has 128 valence electrons. The fraction of sp³-hybridized carbons (Fsp3) is 0.667. The number of nitrogens with one attached hydrogen (secondary N) is 1. The molecule has 1 aromatic heterocycles. The number of hydrogen-bond donors (Lipinski definition) is 1. The Hall–Kier alpha value is -1.62. The average Bonchev–Trinajstić information content (AvgIpc) is 2.45. The van der Waals surface area contributed by atoms with Crippen molar-refractivity contribution in [2.24, 2.45) is 0 Å². The normalized spacial score (nSPS) is 22.0. The molecule has 0 aliphatic carbocycles.